The van der Waals surface area contributed by atoms with E-state index in [1.807, 2.05) is 30.2 Å². The molecule has 0 aromatic carbocycles. The van der Waals surface area contributed by atoms with Gasteiger partial charge in [0.2, 0.25) is 0 Å². The first-order chi connectivity index (χ1) is 8.18. The molecule has 0 aliphatic rings. The highest BCUT2D eigenvalue weighted by Gasteiger charge is 2.05. The third-order valence-corrected chi connectivity index (χ3v) is 2.72. The van der Waals surface area contributed by atoms with E-state index in [1.54, 1.807) is 0 Å². The van der Waals surface area contributed by atoms with Gasteiger partial charge >= 0.3 is 0 Å². The Morgan fingerprint density at radius 3 is 2.94 bits per heavy atom. The zero-order valence-corrected chi connectivity index (χ0v) is 10.6. The summed E-state index contributed by atoms with van der Waals surface area (Å²) in [4.78, 5) is 10.9. The van der Waals surface area contributed by atoms with Crippen molar-refractivity contribution in [2.45, 2.75) is 6.42 Å². The Kier molecular flexibility index (Phi) is 3.58. The normalized spacial score (nSPS) is 11.3. The number of aryl methyl sites for hydroxylation is 1. The number of aromatic nitrogens is 3. The van der Waals surface area contributed by atoms with E-state index in [1.165, 1.54) is 0 Å². The maximum absolute atomic E-state index is 4.36. The number of hydrogen-bond acceptors (Lipinski definition) is 4. The molecule has 0 aliphatic heterocycles. The second-order valence-electron chi connectivity index (χ2n) is 4.47. The van der Waals surface area contributed by atoms with Crippen LogP contribution in [-0.4, -0.2) is 46.6 Å². The van der Waals surface area contributed by atoms with Crippen LogP contribution in [0.4, 0.5) is 5.82 Å². The molecule has 0 radical (unpaired) electrons. The molecule has 2 aromatic rings. The molecular weight excluding hydrogens is 214 g/mol. The van der Waals surface area contributed by atoms with Crippen molar-refractivity contribution < 1.29 is 0 Å². The van der Waals surface area contributed by atoms with Gasteiger partial charge in [0.15, 0.2) is 5.82 Å². The molecule has 2 rings (SSSR count). The number of nitrogens with one attached hydrogen (secondary N) is 1. The summed E-state index contributed by atoms with van der Waals surface area (Å²) in [6, 6.07) is 1.98. The highest BCUT2D eigenvalue weighted by molar-refractivity contribution is 5.85. The van der Waals surface area contributed by atoms with Crippen LogP contribution in [0.2, 0.25) is 0 Å². The predicted octanol–water partition coefficient (Wildman–Crippen LogP) is 1.33. The van der Waals surface area contributed by atoms with E-state index >= 15 is 0 Å². The summed E-state index contributed by atoms with van der Waals surface area (Å²) in [7, 11) is 6.15. The van der Waals surface area contributed by atoms with Crippen molar-refractivity contribution in [1.82, 2.24) is 19.4 Å². The van der Waals surface area contributed by atoms with Crippen LogP contribution >= 0.6 is 0 Å². The molecule has 92 valence electrons. The smallest absolute Gasteiger partial charge is 0.154 e. The second-order valence-corrected chi connectivity index (χ2v) is 4.47. The van der Waals surface area contributed by atoms with Crippen LogP contribution < -0.4 is 5.32 Å². The van der Waals surface area contributed by atoms with Crippen LogP contribution in [-0.2, 0) is 7.05 Å². The fourth-order valence-electron chi connectivity index (χ4n) is 1.79. The highest BCUT2D eigenvalue weighted by Crippen LogP contribution is 2.18. The van der Waals surface area contributed by atoms with Gasteiger partial charge in [-0.2, -0.15) is 0 Å². The van der Waals surface area contributed by atoms with Crippen molar-refractivity contribution in [1.29, 1.82) is 0 Å². The van der Waals surface area contributed by atoms with Crippen LogP contribution in [0.3, 0.4) is 0 Å². The lowest BCUT2D eigenvalue weighted by molar-refractivity contribution is 0.405. The van der Waals surface area contributed by atoms with Gasteiger partial charge in [-0.25, -0.2) is 9.97 Å². The molecule has 0 saturated heterocycles. The summed E-state index contributed by atoms with van der Waals surface area (Å²) in [5.74, 6) is 0.877. The summed E-state index contributed by atoms with van der Waals surface area (Å²) in [5, 5.41) is 3.34. The minimum Gasteiger partial charge on any atom is -0.368 e. The topological polar surface area (TPSA) is 46.0 Å². The van der Waals surface area contributed by atoms with Gasteiger partial charge < -0.3 is 14.8 Å². The van der Waals surface area contributed by atoms with Crippen molar-refractivity contribution >= 4 is 16.9 Å². The molecule has 1 N–H and O–H groups in total. The minimum absolute atomic E-state index is 0.877. The summed E-state index contributed by atoms with van der Waals surface area (Å²) in [5.41, 5.74) is 2.05. The fraction of sp³-hybridized carbons (Fsp3) is 0.500. The van der Waals surface area contributed by atoms with Crippen molar-refractivity contribution in [3.8, 4) is 0 Å². The molecule has 0 bridgehead atoms. The molecule has 0 spiro atoms. The lowest BCUT2D eigenvalue weighted by Crippen LogP contribution is -2.16. The Labute approximate surface area is 101 Å². The molecule has 0 fully saturated rings. The molecule has 5 nitrogen and oxygen atoms in total. The van der Waals surface area contributed by atoms with E-state index < -0.39 is 0 Å². The summed E-state index contributed by atoms with van der Waals surface area (Å²) < 4.78 is 2.00. The zero-order valence-electron chi connectivity index (χ0n) is 10.6. The van der Waals surface area contributed by atoms with E-state index in [9.17, 15) is 0 Å². The van der Waals surface area contributed by atoms with E-state index in [0.717, 1.165) is 36.4 Å². The Hall–Kier alpha value is -1.62. The maximum atomic E-state index is 4.36. The average Bonchev–Trinajstić information content (AvgIpc) is 2.67. The first-order valence-corrected chi connectivity index (χ1v) is 5.83. The first kappa shape index (κ1) is 11.9. The number of hydrogen-bond donors (Lipinski definition) is 1. The van der Waals surface area contributed by atoms with Crippen molar-refractivity contribution in [3.63, 3.8) is 0 Å². The monoisotopic (exact) mass is 233 g/mol. The number of nitrogens with zero attached hydrogens (tertiary/aromatic N) is 4. The van der Waals surface area contributed by atoms with Crippen LogP contribution in [0.1, 0.15) is 6.42 Å². The zero-order chi connectivity index (χ0) is 12.3. The van der Waals surface area contributed by atoms with E-state index in [2.05, 4.69) is 34.3 Å². The molecule has 0 atom stereocenters. The molecule has 17 heavy (non-hydrogen) atoms. The molecule has 2 aromatic heterocycles. The van der Waals surface area contributed by atoms with Gasteiger partial charge in [-0.1, -0.05) is 0 Å². The maximum Gasteiger partial charge on any atom is 0.154 e. The first-order valence-electron chi connectivity index (χ1n) is 5.83. The Balaban J connectivity index is 2.03. The van der Waals surface area contributed by atoms with E-state index in [-0.39, 0.29) is 0 Å². The molecule has 2 heterocycles. The second kappa shape index (κ2) is 5.14. The Bertz CT molecular complexity index is 489. The summed E-state index contributed by atoms with van der Waals surface area (Å²) in [6.07, 6.45) is 4.73. The average molecular weight is 233 g/mol. The Morgan fingerprint density at radius 2 is 2.18 bits per heavy atom. The lowest BCUT2D eigenvalue weighted by Gasteiger charge is -2.10. The van der Waals surface area contributed by atoms with Crippen LogP contribution in [0, 0.1) is 0 Å². The standard InChI is InChI=1S/C12H19N5/c1-16(2)8-4-6-13-12-11-10(5-7-14-12)17(3)9-15-11/h5,7,9H,4,6,8H2,1-3H3,(H,13,14). The van der Waals surface area contributed by atoms with Gasteiger partial charge in [0.1, 0.15) is 5.52 Å². The Morgan fingerprint density at radius 1 is 1.35 bits per heavy atom. The van der Waals surface area contributed by atoms with Crippen molar-refractivity contribution in [2.75, 3.05) is 32.5 Å². The number of rotatable bonds is 5. The van der Waals surface area contributed by atoms with Gasteiger partial charge in [0.05, 0.1) is 11.8 Å². The number of fused-ring (bicyclic) bond motifs is 1. The van der Waals surface area contributed by atoms with E-state index in [4.69, 9.17) is 0 Å². The number of anilines is 1. The van der Waals surface area contributed by atoms with Crippen LogP contribution in [0.15, 0.2) is 18.6 Å². The van der Waals surface area contributed by atoms with Gasteiger partial charge in [-0.15, -0.1) is 0 Å². The fourth-order valence-corrected chi connectivity index (χ4v) is 1.79. The third kappa shape index (κ3) is 2.74. The van der Waals surface area contributed by atoms with E-state index in [0.29, 0.717) is 0 Å². The van der Waals surface area contributed by atoms with Crippen molar-refractivity contribution in [3.05, 3.63) is 18.6 Å². The SMILES string of the molecule is CN(C)CCCNc1nccc2c1ncn2C. The highest BCUT2D eigenvalue weighted by atomic mass is 15.1. The van der Waals surface area contributed by atoms with Crippen LogP contribution in [0.5, 0.6) is 0 Å². The number of imidazole rings is 1. The minimum atomic E-state index is 0.877. The molecule has 5 heteroatoms. The number of pyridine rings is 1. The van der Waals surface area contributed by atoms with Crippen LogP contribution in [0.25, 0.3) is 11.0 Å². The van der Waals surface area contributed by atoms with Gasteiger partial charge in [0, 0.05) is 19.8 Å². The van der Waals surface area contributed by atoms with Crippen molar-refractivity contribution in [2.24, 2.45) is 7.05 Å². The lowest BCUT2D eigenvalue weighted by atomic mass is 10.3. The van der Waals surface area contributed by atoms with Gasteiger partial charge in [-0.3, -0.25) is 0 Å². The third-order valence-electron chi connectivity index (χ3n) is 2.72. The molecule has 0 aliphatic carbocycles. The molecule has 0 unspecified atom stereocenters. The summed E-state index contributed by atoms with van der Waals surface area (Å²) >= 11 is 0. The molecular formula is C12H19N5. The molecule has 0 amide bonds. The quantitative estimate of drug-likeness (QED) is 0.791. The van der Waals surface area contributed by atoms with Gasteiger partial charge in [-0.05, 0) is 33.1 Å². The predicted molar refractivity (Wildman–Crippen MR) is 70.2 cm³/mol. The summed E-state index contributed by atoms with van der Waals surface area (Å²) in [6.45, 7) is 1.99. The van der Waals surface area contributed by atoms with Gasteiger partial charge in [0.25, 0.3) is 0 Å². The molecule has 0 saturated carbocycles. The largest absolute Gasteiger partial charge is 0.368 e.